The Morgan fingerprint density at radius 2 is 2.22 bits per heavy atom. The van der Waals surface area contributed by atoms with Crippen LogP contribution in [0, 0.1) is 10.1 Å². The summed E-state index contributed by atoms with van der Waals surface area (Å²) in [5.41, 5.74) is 7.60. The van der Waals surface area contributed by atoms with Gasteiger partial charge in [0.1, 0.15) is 0 Å². The van der Waals surface area contributed by atoms with Gasteiger partial charge in [0.2, 0.25) is 6.79 Å². The third-order valence-electron chi connectivity index (χ3n) is 2.10. The molecule has 1 heterocycles. The maximum absolute atomic E-state index is 10.9. The Morgan fingerprint density at radius 1 is 1.56 bits per heavy atom. The molecule has 0 aromatic heterocycles. The van der Waals surface area contributed by atoms with Gasteiger partial charge in [0.25, 0.3) is 5.69 Å². The summed E-state index contributed by atoms with van der Waals surface area (Å²) in [7, 11) is 0. The number of benzene rings is 1. The van der Waals surface area contributed by atoms with Crippen LogP contribution in [0.25, 0.3) is 0 Å². The monoisotopic (exact) mass is 268 g/mol. The number of fused-ring (bicyclic) bond motifs is 1. The fourth-order valence-corrected chi connectivity index (χ4v) is 1.43. The van der Waals surface area contributed by atoms with Crippen molar-refractivity contribution in [1.29, 1.82) is 0 Å². The molecule has 94 valence electrons. The van der Waals surface area contributed by atoms with Crippen molar-refractivity contribution in [2.24, 2.45) is 10.8 Å². The molecule has 0 bridgehead atoms. The highest BCUT2D eigenvalue weighted by Crippen LogP contribution is 2.37. The number of thiocarbonyl (C=S) groups is 1. The molecule has 0 spiro atoms. The lowest BCUT2D eigenvalue weighted by Gasteiger charge is -2.00. The second-order valence-corrected chi connectivity index (χ2v) is 3.70. The van der Waals surface area contributed by atoms with Crippen molar-refractivity contribution in [3.05, 3.63) is 27.8 Å². The highest BCUT2D eigenvalue weighted by Gasteiger charge is 2.22. The molecular weight excluding hydrogens is 260 g/mol. The van der Waals surface area contributed by atoms with E-state index in [4.69, 9.17) is 15.2 Å². The van der Waals surface area contributed by atoms with Gasteiger partial charge < -0.3 is 15.2 Å². The van der Waals surface area contributed by atoms with Crippen molar-refractivity contribution in [3.63, 3.8) is 0 Å². The molecule has 0 saturated carbocycles. The molecule has 2 rings (SSSR count). The molecule has 18 heavy (non-hydrogen) atoms. The van der Waals surface area contributed by atoms with Crippen LogP contribution >= 0.6 is 12.2 Å². The van der Waals surface area contributed by atoms with Crippen LogP contribution in [0.2, 0.25) is 0 Å². The Morgan fingerprint density at radius 3 is 2.83 bits per heavy atom. The second kappa shape index (κ2) is 4.84. The molecule has 8 nitrogen and oxygen atoms in total. The number of hydrogen-bond donors (Lipinski definition) is 2. The van der Waals surface area contributed by atoms with Crippen LogP contribution in [0.1, 0.15) is 5.56 Å². The predicted molar refractivity (Wildman–Crippen MR) is 66.7 cm³/mol. The van der Waals surface area contributed by atoms with Crippen LogP contribution < -0.4 is 20.6 Å². The van der Waals surface area contributed by atoms with Crippen LogP contribution in [0.15, 0.2) is 17.2 Å². The molecule has 1 aromatic carbocycles. The Bertz CT molecular complexity index is 546. The average Bonchev–Trinajstić information content (AvgIpc) is 2.74. The summed E-state index contributed by atoms with van der Waals surface area (Å²) in [6.07, 6.45) is 1.24. The maximum Gasteiger partial charge on any atom is 0.282 e. The summed E-state index contributed by atoms with van der Waals surface area (Å²) in [4.78, 5) is 10.4. The van der Waals surface area contributed by atoms with Crippen LogP contribution in [-0.2, 0) is 0 Å². The van der Waals surface area contributed by atoms with E-state index >= 15 is 0 Å². The van der Waals surface area contributed by atoms with E-state index in [0.29, 0.717) is 11.5 Å². The number of ether oxygens (including phenoxy) is 2. The Hall–Kier alpha value is -2.42. The van der Waals surface area contributed by atoms with Crippen LogP contribution in [0.4, 0.5) is 5.69 Å². The van der Waals surface area contributed by atoms with Crippen molar-refractivity contribution < 1.29 is 14.4 Å². The molecule has 0 aliphatic carbocycles. The van der Waals surface area contributed by atoms with Crippen LogP contribution in [0.3, 0.4) is 0 Å². The topological polar surface area (TPSA) is 112 Å². The highest BCUT2D eigenvalue weighted by molar-refractivity contribution is 7.80. The minimum atomic E-state index is -0.538. The summed E-state index contributed by atoms with van der Waals surface area (Å²) >= 11 is 4.55. The van der Waals surface area contributed by atoms with Gasteiger partial charge in [-0.3, -0.25) is 15.5 Å². The third kappa shape index (κ3) is 2.46. The molecule has 0 amide bonds. The third-order valence-corrected chi connectivity index (χ3v) is 2.19. The second-order valence-electron chi connectivity index (χ2n) is 3.26. The lowest BCUT2D eigenvalue weighted by Crippen LogP contribution is -2.24. The molecule has 9 heteroatoms. The zero-order chi connectivity index (χ0) is 13.1. The van der Waals surface area contributed by atoms with Crippen LogP contribution in [-0.4, -0.2) is 23.0 Å². The van der Waals surface area contributed by atoms with Gasteiger partial charge in [0.15, 0.2) is 16.6 Å². The van der Waals surface area contributed by atoms with Crippen LogP contribution in [0.5, 0.6) is 11.5 Å². The molecule has 1 aliphatic rings. The number of hydrazone groups is 1. The van der Waals surface area contributed by atoms with Gasteiger partial charge in [-0.05, 0) is 18.3 Å². The first-order chi connectivity index (χ1) is 8.58. The largest absolute Gasteiger partial charge is 0.454 e. The molecule has 3 N–H and O–H groups in total. The number of rotatable bonds is 3. The summed E-state index contributed by atoms with van der Waals surface area (Å²) < 4.78 is 10.2. The van der Waals surface area contributed by atoms with Gasteiger partial charge in [-0.25, -0.2) is 0 Å². The highest BCUT2D eigenvalue weighted by atomic mass is 32.1. The first kappa shape index (κ1) is 12.0. The van der Waals surface area contributed by atoms with Gasteiger partial charge in [0.05, 0.1) is 22.8 Å². The fraction of sp³-hybridized carbons (Fsp3) is 0.111. The first-order valence-corrected chi connectivity index (χ1v) is 5.15. The summed E-state index contributed by atoms with van der Waals surface area (Å²) in [5, 5.41) is 14.5. The van der Waals surface area contributed by atoms with Crippen molar-refractivity contribution >= 4 is 29.2 Å². The van der Waals surface area contributed by atoms with Crippen molar-refractivity contribution in [2.45, 2.75) is 0 Å². The molecule has 0 fully saturated rings. The Labute approximate surface area is 107 Å². The number of hydrogen-bond acceptors (Lipinski definition) is 6. The van der Waals surface area contributed by atoms with E-state index in [1.807, 2.05) is 0 Å². The Balaban J connectivity index is 2.35. The lowest BCUT2D eigenvalue weighted by atomic mass is 10.1. The average molecular weight is 268 g/mol. The standard InChI is InChI=1S/C9H8N4O4S/c10-9(18)12-11-3-5-1-7-8(17-4-16-7)2-6(5)13(14)15/h1-3H,4H2,(H3,10,12,18)/b11-3+. The minimum absolute atomic E-state index is 0.0327. The van der Waals surface area contributed by atoms with Crippen molar-refractivity contribution in [3.8, 4) is 11.5 Å². The van der Waals surface area contributed by atoms with Gasteiger partial charge in [0, 0.05) is 0 Å². The van der Waals surface area contributed by atoms with Gasteiger partial charge in [-0.15, -0.1) is 0 Å². The molecule has 1 aromatic rings. The molecule has 0 atom stereocenters. The van der Waals surface area contributed by atoms with E-state index in [1.54, 1.807) is 0 Å². The summed E-state index contributed by atoms with van der Waals surface area (Å²) in [6, 6.07) is 2.75. The van der Waals surface area contributed by atoms with E-state index in [-0.39, 0.29) is 23.2 Å². The molecule has 0 unspecified atom stereocenters. The normalized spacial score (nSPS) is 12.7. The van der Waals surface area contributed by atoms with E-state index in [2.05, 4.69) is 22.7 Å². The zero-order valence-electron chi connectivity index (χ0n) is 8.95. The minimum Gasteiger partial charge on any atom is -0.454 e. The molecule has 0 saturated heterocycles. The quantitative estimate of drug-likeness (QED) is 0.355. The SMILES string of the molecule is NC(=S)N/N=C/c1cc2c(cc1[N+](=O)[O-])OCO2. The molecular formula is C9H8N4O4S. The van der Waals surface area contributed by atoms with Gasteiger partial charge in [-0.2, -0.15) is 5.10 Å². The maximum atomic E-state index is 10.9. The number of nitrogens with two attached hydrogens (primary N) is 1. The molecule has 1 aliphatic heterocycles. The summed E-state index contributed by atoms with van der Waals surface area (Å²) in [5.74, 6) is 0.763. The number of nitrogens with zero attached hydrogens (tertiary/aromatic N) is 2. The molecule has 0 radical (unpaired) electrons. The zero-order valence-corrected chi connectivity index (χ0v) is 9.77. The van der Waals surface area contributed by atoms with Crippen molar-refractivity contribution in [1.82, 2.24) is 5.43 Å². The number of nitro groups is 1. The number of nitrogens with one attached hydrogen (secondary N) is 1. The van der Waals surface area contributed by atoms with E-state index in [9.17, 15) is 10.1 Å². The Kier molecular flexibility index (Phi) is 3.24. The van der Waals surface area contributed by atoms with Crippen molar-refractivity contribution in [2.75, 3.05) is 6.79 Å². The first-order valence-electron chi connectivity index (χ1n) is 4.74. The van der Waals surface area contributed by atoms with E-state index in [1.165, 1.54) is 18.3 Å². The predicted octanol–water partition coefficient (Wildman–Crippen LogP) is 0.491. The van der Waals surface area contributed by atoms with E-state index in [0.717, 1.165) is 0 Å². The van der Waals surface area contributed by atoms with E-state index < -0.39 is 4.92 Å². The van der Waals surface area contributed by atoms with Gasteiger partial charge >= 0.3 is 0 Å². The lowest BCUT2D eigenvalue weighted by molar-refractivity contribution is -0.385. The number of nitro benzene ring substituents is 1. The smallest absolute Gasteiger partial charge is 0.282 e. The fourth-order valence-electron chi connectivity index (χ4n) is 1.37. The summed E-state index contributed by atoms with van der Waals surface area (Å²) in [6.45, 7) is 0.0399. The van der Waals surface area contributed by atoms with Gasteiger partial charge in [-0.1, -0.05) is 0 Å².